The van der Waals surface area contributed by atoms with Crippen LogP contribution in [0.15, 0.2) is 25.3 Å². The van der Waals surface area contributed by atoms with Gasteiger partial charge in [0, 0.05) is 5.41 Å². The first-order valence-corrected chi connectivity index (χ1v) is 6.34. The Kier molecular flexibility index (Phi) is 7.61. The summed E-state index contributed by atoms with van der Waals surface area (Å²) in [7, 11) is 0. The molecule has 3 N–H and O–H groups in total. The summed E-state index contributed by atoms with van der Waals surface area (Å²) in [6.45, 7) is 12.7. The fourth-order valence-electron chi connectivity index (χ4n) is 1.09. The smallest absolute Gasteiger partial charge is 0.407 e. The second-order valence-electron chi connectivity index (χ2n) is 5.33. The maximum atomic E-state index is 11.3. The number of amides is 2. The van der Waals surface area contributed by atoms with Gasteiger partial charge in [0.25, 0.3) is 0 Å². The van der Waals surface area contributed by atoms with E-state index in [1.54, 1.807) is 6.08 Å². The summed E-state index contributed by atoms with van der Waals surface area (Å²) in [5, 5.41) is 13.9. The van der Waals surface area contributed by atoms with Crippen molar-refractivity contribution in [2.75, 3.05) is 13.2 Å². The summed E-state index contributed by atoms with van der Waals surface area (Å²) >= 11 is 0. The molecule has 6 nitrogen and oxygen atoms in total. The predicted molar refractivity (Wildman–Crippen MR) is 77.1 cm³/mol. The van der Waals surface area contributed by atoms with Crippen LogP contribution in [0, 0.1) is 5.41 Å². The number of carbonyl (C=O) groups is 2. The standard InChI is InChI=1S/C9H17NO2.C5H7NO2/c1-5-7(6-11)10-8(12)9(2,3)4;1-2-4-3-8-5(7)6-4/h5,7,11H,1,6H2,2-4H3,(H,10,12);2,4H,1,3H2,(H,6,7). The first-order chi connectivity index (χ1) is 9.24. The van der Waals surface area contributed by atoms with Crippen molar-refractivity contribution in [3.63, 3.8) is 0 Å². The minimum atomic E-state index is -0.420. The minimum absolute atomic E-state index is 0.0162. The zero-order valence-corrected chi connectivity index (χ0v) is 12.3. The van der Waals surface area contributed by atoms with Crippen molar-refractivity contribution in [2.45, 2.75) is 32.9 Å². The van der Waals surface area contributed by atoms with E-state index in [1.807, 2.05) is 20.8 Å². The summed E-state index contributed by atoms with van der Waals surface area (Å²) in [6.07, 6.45) is 2.81. The van der Waals surface area contributed by atoms with Gasteiger partial charge in [0.1, 0.15) is 6.61 Å². The van der Waals surface area contributed by atoms with E-state index in [9.17, 15) is 9.59 Å². The maximum Gasteiger partial charge on any atom is 0.407 e. The predicted octanol–water partition coefficient (Wildman–Crippen LogP) is 0.976. The van der Waals surface area contributed by atoms with Gasteiger partial charge < -0.3 is 20.5 Å². The molecular formula is C14H24N2O4. The summed E-state index contributed by atoms with van der Waals surface area (Å²) in [5.41, 5.74) is -0.420. The van der Waals surface area contributed by atoms with Gasteiger partial charge in [0.15, 0.2) is 0 Å². The van der Waals surface area contributed by atoms with Gasteiger partial charge in [-0.1, -0.05) is 32.9 Å². The highest BCUT2D eigenvalue weighted by Gasteiger charge is 2.22. The van der Waals surface area contributed by atoms with Gasteiger partial charge in [-0.2, -0.15) is 0 Å². The monoisotopic (exact) mass is 284 g/mol. The molecule has 114 valence electrons. The van der Waals surface area contributed by atoms with Crippen LogP contribution in [0.25, 0.3) is 0 Å². The first-order valence-electron chi connectivity index (χ1n) is 6.34. The number of rotatable bonds is 4. The molecule has 1 saturated heterocycles. The van der Waals surface area contributed by atoms with Crippen LogP contribution in [0.3, 0.4) is 0 Å². The Bertz CT molecular complexity index is 361. The van der Waals surface area contributed by atoms with Crippen LogP contribution in [0.2, 0.25) is 0 Å². The van der Waals surface area contributed by atoms with Gasteiger partial charge in [-0.25, -0.2) is 4.79 Å². The molecule has 0 aliphatic carbocycles. The maximum absolute atomic E-state index is 11.3. The molecule has 0 aromatic carbocycles. The molecule has 2 atom stereocenters. The van der Waals surface area contributed by atoms with E-state index in [4.69, 9.17) is 5.11 Å². The van der Waals surface area contributed by atoms with E-state index in [0.717, 1.165) is 0 Å². The average molecular weight is 284 g/mol. The fourth-order valence-corrected chi connectivity index (χ4v) is 1.09. The second-order valence-corrected chi connectivity index (χ2v) is 5.33. The summed E-state index contributed by atoms with van der Waals surface area (Å²) < 4.78 is 4.54. The molecule has 0 bridgehead atoms. The zero-order chi connectivity index (χ0) is 15.8. The molecular weight excluding hydrogens is 260 g/mol. The molecule has 0 saturated carbocycles. The van der Waals surface area contributed by atoms with E-state index in [-0.39, 0.29) is 30.7 Å². The highest BCUT2D eigenvalue weighted by Crippen LogP contribution is 2.12. The Balaban J connectivity index is 0.000000388. The molecule has 2 unspecified atom stereocenters. The highest BCUT2D eigenvalue weighted by molar-refractivity contribution is 5.81. The van der Waals surface area contributed by atoms with Crippen LogP contribution in [-0.4, -0.2) is 42.4 Å². The van der Waals surface area contributed by atoms with E-state index in [2.05, 4.69) is 28.5 Å². The molecule has 1 aliphatic rings. The molecule has 2 amide bonds. The Labute approximate surface area is 119 Å². The second kappa shape index (κ2) is 8.37. The molecule has 0 spiro atoms. The lowest BCUT2D eigenvalue weighted by Gasteiger charge is -2.20. The third-order valence-corrected chi connectivity index (χ3v) is 2.46. The van der Waals surface area contributed by atoms with Crippen molar-refractivity contribution >= 4 is 12.0 Å². The van der Waals surface area contributed by atoms with Crippen LogP contribution in [-0.2, 0) is 9.53 Å². The van der Waals surface area contributed by atoms with Crippen molar-refractivity contribution in [3.8, 4) is 0 Å². The first kappa shape index (κ1) is 18.2. The van der Waals surface area contributed by atoms with E-state index in [0.29, 0.717) is 6.61 Å². The van der Waals surface area contributed by atoms with Crippen LogP contribution in [0.5, 0.6) is 0 Å². The molecule has 1 rings (SSSR count). The number of aliphatic hydroxyl groups is 1. The lowest BCUT2D eigenvalue weighted by atomic mass is 9.95. The van der Waals surface area contributed by atoms with Crippen molar-refractivity contribution in [3.05, 3.63) is 25.3 Å². The SMILES string of the molecule is C=CC(CO)NC(=O)C(C)(C)C.C=CC1COC(=O)N1. The largest absolute Gasteiger partial charge is 0.447 e. The molecule has 0 radical (unpaired) electrons. The molecule has 1 aliphatic heterocycles. The van der Waals surface area contributed by atoms with Crippen LogP contribution in [0.1, 0.15) is 20.8 Å². The Morgan fingerprint density at radius 2 is 2.20 bits per heavy atom. The number of carbonyl (C=O) groups excluding carboxylic acids is 2. The van der Waals surface area contributed by atoms with Gasteiger partial charge in [-0.3, -0.25) is 4.79 Å². The van der Waals surface area contributed by atoms with E-state index < -0.39 is 5.41 Å². The summed E-state index contributed by atoms with van der Waals surface area (Å²) in [4.78, 5) is 21.6. The number of aliphatic hydroxyl groups excluding tert-OH is 1. The molecule has 1 heterocycles. The lowest BCUT2D eigenvalue weighted by molar-refractivity contribution is -0.129. The molecule has 0 aromatic heterocycles. The van der Waals surface area contributed by atoms with Crippen molar-refractivity contribution in [1.29, 1.82) is 0 Å². The number of hydrogen-bond donors (Lipinski definition) is 3. The van der Waals surface area contributed by atoms with E-state index >= 15 is 0 Å². The third-order valence-electron chi connectivity index (χ3n) is 2.46. The molecule has 6 heteroatoms. The van der Waals surface area contributed by atoms with Gasteiger partial charge in [0.05, 0.1) is 18.7 Å². The van der Waals surface area contributed by atoms with Gasteiger partial charge in [0.2, 0.25) is 5.91 Å². The quantitative estimate of drug-likeness (QED) is 0.671. The Morgan fingerprint density at radius 1 is 1.60 bits per heavy atom. The molecule has 0 aromatic rings. The highest BCUT2D eigenvalue weighted by atomic mass is 16.6. The number of nitrogens with one attached hydrogen (secondary N) is 2. The van der Waals surface area contributed by atoms with Gasteiger partial charge in [-0.05, 0) is 0 Å². The molecule has 1 fully saturated rings. The fraction of sp³-hybridized carbons (Fsp3) is 0.571. The number of hydrogen-bond acceptors (Lipinski definition) is 4. The third kappa shape index (κ3) is 6.94. The van der Waals surface area contributed by atoms with Crippen LogP contribution in [0.4, 0.5) is 4.79 Å². The van der Waals surface area contributed by atoms with Crippen molar-refractivity contribution < 1.29 is 19.4 Å². The van der Waals surface area contributed by atoms with Crippen LogP contribution < -0.4 is 10.6 Å². The minimum Gasteiger partial charge on any atom is -0.447 e. The van der Waals surface area contributed by atoms with Crippen molar-refractivity contribution in [1.82, 2.24) is 10.6 Å². The van der Waals surface area contributed by atoms with E-state index in [1.165, 1.54) is 6.08 Å². The normalized spacial score (nSPS) is 18.8. The Morgan fingerprint density at radius 3 is 2.45 bits per heavy atom. The number of cyclic esters (lactones) is 1. The topological polar surface area (TPSA) is 87.7 Å². The van der Waals surface area contributed by atoms with Crippen LogP contribution >= 0.6 is 0 Å². The van der Waals surface area contributed by atoms with Crippen molar-refractivity contribution in [2.24, 2.45) is 5.41 Å². The zero-order valence-electron chi connectivity index (χ0n) is 12.3. The number of alkyl carbamates (subject to hydrolysis) is 1. The average Bonchev–Trinajstić information content (AvgIpc) is 2.81. The lowest BCUT2D eigenvalue weighted by Crippen LogP contribution is -2.42. The number of ether oxygens (including phenoxy) is 1. The summed E-state index contributed by atoms with van der Waals surface area (Å²) in [6, 6.07) is -0.320. The van der Waals surface area contributed by atoms with Gasteiger partial charge >= 0.3 is 6.09 Å². The Hall–Kier alpha value is -1.82. The van der Waals surface area contributed by atoms with Gasteiger partial charge in [-0.15, -0.1) is 13.2 Å². The summed E-state index contributed by atoms with van der Waals surface area (Å²) in [5.74, 6) is -0.0820. The molecule has 20 heavy (non-hydrogen) atoms.